The molecule has 4 nitrogen and oxygen atoms in total. The van der Waals surface area contributed by atoms with Gasteiger partial charge in [-0.3, -0.25) is 0 Å². The summed E-state index contributed by atoms with van der Waals surface area (Å²) in [6.45, 7) is 0. The Balaban J connectivity index is 2.98. The number of aromatic hydroxyl groups is 1. The van der Waals surface area contributed by atoms with Gasteiger partial charge in [0.2, 0.25) is 0 Å². The highest BCUT2D eigenvalue weighted by molar-refractivity contribution is 5.85. The van der Waals surface area contributed by atoms with Crippen LogP contribution in [0.1, 0.15) is 5.56 Å². The first kappa shape index (κ1) is 12.9. The van der Waals surface area contributed by atoms with E-state index in [2.05, 4.69) is 4.74 Å². The van der Waals surface area contributed by atoms with Crippen LogP contribution in [0, 0.1) is 0 Å². The van der Waals surface area contributed by atoms with Crippen molar-refractivity contribution in [2.75, 3.05) is 0 Å². The molecule has 1 rings (SSSR count). The fraction of sp³-hybridized carbons (Fsp3) is 0.100. The molecular formula is C10H7F3O4. The van der Waals surface area contributed by atoms with Crippen molar-refractivity contribution < 1.29 is 32.9 Å². The summed E-state index contributed by atoms with van der Waals surface area (Å²) in [4.78, 5) is 10.2. The number of hydrogen-bond acceptors (Lipinski definition) is 3. The van der Waals surface area contributed by atoms with Gasteiger partial charge in [0.1, 0.15) is 0 Å². The van der Waals surface area contributed by atoms with Crippen LogP contribution in [0.15, 0.2) is 24.3 Å². The molecule has 0 heterocycles. The van der Waals surface area contributed by atoms with Crippen LogP contribution in [0.5, 0.6) is 11.5 Å². The van der Waals surface area contributed by atoms with Gasteiger partial charge in [-0.15, -0.1) is 13.2 Å². The van der Waals surface area contributed by atoms with E-state index in [0.717, 1.165) is 24.3 Å². The predicted molar refractivity (Wildman–Crippen MR) is 51.5 cm³/mol. The van der Waals surface area contributed by atoms with E-state index in [9.17, 15) is 18.0 Å². The molecule has 7 heteroatoms. The Morgan fingerprint density at radius 1 is 1.35 bits per heavy atom. The third-order valence-electron chi connectivity index (χ3n) is 1.63. The zero-order valence-electron chi connectivity index (χ0n) is 8.23. The fourth-order valence-electron chi connectivity index (χ4n) is 1.01. The van der Waals surface area contributed by atoms with Crippen LogP contribution < -0.4 is 4.74 Å². The van der Waals surface area contributed by atoms with Crippen molar-refractivity contribution in [2.45, 2.75) is 6.36 Å². The Hall–Kier alpha value is -2.18. The molecule has 0 fully saturated rings. The van der Waals surface area contributed by atoms with Gasteiger partial charge in [-0.1, -0.05) is 6.07 Å². The number of carboxylic acid groups (broad SMARTS) is 1. The van der Waals surface area contributed by atoms with Crippen LogP contribution in [-0.2, 0) is 4.79 Å². The first-order valence-corrected chi connectivity index (χ1v) is 4.28. The number of hydrogen-bond donors (Lipinski definition) is 2. The van der Waals surface area contributed by atoms with Gasteiger partial charge in [-0.25, -0.2) is 4.79 Å². The molecule has 1 aromatic rings. The zero-order chi connectivity index (χ0) is 13.1. The van der Waals surface area contributed by atoms with Crippen molar-refractivity contribution in [1.82, 2.24) is 0 Å². The number of rotatable bonds is 3. The highest BCUT2D eigenvalue weighted by Gasteiger charge is 2.32. The summed E-state index contributed by atoms with van der Waals surface area (Å²) in [6, 6.07) is 3.10. The SMILES string of the molecule is O=C(O)/C=C/c1ccc(O)c(OC(F)(F)F)c1. The van der Waals surface area contributed by atoms with Gasteiger partial charge < -0.3 is 14.9 Å². The van der Waals surface area contributed by atoms with Crippen molar-refractivity contribution in [3.8, 4) is 11.5 Å². The number of alkyl halides is 3. The molecule has 0 saturated heterocycles. The molecule has 0 spiro atoms. The second-order valence-electron chi connectivity index (χ2n) is 2.95. The largest absolute Gasteiger partial charge is 0.573 e. The lowest BCUT2D eigenvalue weighted by atomic mass is 10.2. The average Bonchev–Trinajstić information content (AvgIpc) is 2.17. The van der Waals surface area contributed by atoms with Crippen molar-refractivity contribution in [3.63, 3.8) is 0 Å². The monoisotopic (exact) mass is 248 g/mol. The zero-order valence-corrected chi connectivity index (χ0v) is 8.23. The van der Waals surface area contributed by atoms with Gasteiger partial charge >= 0.3 is 12.3 Å². The highest BCUT2D eigenvalue weighted by Crippen LogP contribution is 2.32. The maximum absolute atomic E-state index is 11.9. The molecule has 17 heavy (non-hydrogen) atoms. The molecular weight excluding hydrogens is 241 g/mol. The van der Waals surface area contributed by atoms with Crippen molar-refractivity contribution >= 4 is 12.0 Å². The Morgan fingerprint density at radius 3 is 2.53 bits per heavy atom. The molecule has 0 aromatic heterocycles. The minimum absolute atomic E-state index is 0.157. The molecule has 0 aliphatic carbocycles. The van der Waals surface area contributed by atoms with Crippen molar-refractivity contribution in [3.05, 3.63) is 29.8 Å². The molecule has 0 radical (unpaired) electrons. The Labute approximate surface area is 93.6 Å². The molecule has 0 aliphatic heterocycles. The van der Waals surface area contributed by atoms with E-state index in [1.165, 1.54) is 6.07 Å². The number of benzene rings is 1. The summed E-state index contributed by atoms with van der Waals surface area (Å²) < 4.78 is 39.3. The van der Waals surface area contributed by atoms with Crippen LogP contribution in [0.4, 0.5) is 13.2 Å². The standard InChI is InChI=1S/C10H7F3O4/c11-10(12,13)17-8-5-6(1-3-7(8)14)2-4-9(15)16/h1-5,14H,(H,15,16)/b4-2+. The topological polar surface area (TPSA) is 66.8 Å². The molecule has 0 saturated carbocycles. The van der Waals surface area contributed by atoms with E-state index in [-0.39, 0.29) is 5.56 Å². The normalized spacial score (nSPS) is 11.7. The van der Waals surface area contributed by atoms with Gasteiger partial charge in [0.05, 0.1) is 0 Å². The number of aliphatic carboxylic acids is 1. The van der Waals surface area contributed by atoms with Crippen LogP contribution >= 0.6 is 0 Å². The maximum Gasteiger partial charge on any atom is 0.573 e. The first-order valence-electron chi connectivity index (χ1n) is 4.28. The van der Waals surface area contributed by atoms with Gasteiger partial charge in [0, 0.05) is 6.08 Å². The lowest BCUT2D eigenvalue weighted by Crippen LogP contribution is -2.17. The quantitative estimate of drug-likeness (QED) is 0.806. The predicted octanol–water partition coefficient (Wildman–Crippen LogP) is 2.39. The number of carboxylic acids is 1. The second-order valence-corrected chi connectivity index (χ2v) is 2.95. The minimum atomic E-state index is -4.92. The third-order valence-corrected chi connectivity index (χ3v) is 1.63. The molecule has 1 aromatic carbocycles. The molecule has 0 bridgehead atoms. The van der Waals surface area contributed by atoms with Crippen LogP contribution in [-0.4, -0.2) is 22.5 Å². The third kappa shape index (κ3) is 4.45. The fourth-order valence-corrected chi connectivity index (χ4v) is 1.01. The minimum Gasteiger partial charge on any atom is -0.504 e. The van der Waals surface area contributed by atoms with E-state index < -0.39 is 23.8 Å². The Kier molecular flexibility index (Phi) is 3.62. The van der Waals surface area contributed by atoms with Gasteiger partial charge in [0.25, 0.3) is 0 Å². The van der Waals surface area contributed by atoms with Gasteiger partial charge in [-0.05, 0) is 23.8 Å². The van der Waals surface area contributed by atoms with Crippen LogP contribution in [0.2, 0.25) is 0 Å². The molecule has 92 valence electrons. The molecule has 0 aliphatic rings. The van der Waals surface area contributed by atoms with E-state index in [4.69, 9.17) is 10.2 Å². The van der Waals surface area contributed by atoms with Crippen molar-refractivity contribution in [2.24, 2.45) is 0 Å². The number of carbonyl (C=O) groups is 1. The van der Waals surface area contributed by atoms with E-state index in [1.54, 1.807) is 0 Å². The summed E-state index contributed by atoms with van der Waals surface area (Å²) in [6.07, 6.45) is -3.10. The van der Waals surface area contributed by atoms with Crippen molar-refractivity contribution in [1.29, 1.82) is 0 Å². The number of ether oxygens (including phenoxy) is 1. The lowest BCUT2D eigenvalue weighted by molar-refractivity contribution is -0.275. The molecule has 0 atom stereocenters. The first-order chi connectivity index (χ1) is 7.78. The number of phenols is 1. The molecule has 0 amide bonds. The highest BCUT2D eigenvalue weighted by atomic mass is 19.4. The molecule has 2 N–H and O–H groups in total. The van der Waals surface area contributed by atoms with E-state index in [0.29, 0.717) is 0 Å². The summed E-state index contributed by atoms with van der Waals surface area (Å²) in [5.74, 6) is -2.71. The van der Waals surface area contributed by atoms with E-state index >= 15 is 0 Å². The summed E-state index contributed by atoms with van der Waals surface area (Å²) in [5, 5.41) is 17.4. The summed E-state index contributed by atoms with van der Waals surface area (Å²) in [7, 11) is 0. The van der Waals surface area contributed by atoms with E-state index in [1.807, 2.05) is 0 Å². The Morgan fingerprint density at radius 2 is 2.00 bits per heavy atom. The Bertz CT molecular complexity index is 451. The van der Waals surface area contributed by atoms with Crippen LogP contribution in [0.3, 0.4) is 0 Å². The summed E-state index contributed by atoms with van der Waals surface area (Å²) >= 11 is 0. The maximum atomic E-state index is 11.9. The number of halogens is 3. The van der Waals surface area contributed by atoms with Gasteiger partial charge in [-0.2, -0.15) is 0 Å². The second kappa shape index (κ2) is 4.77. The number of phenolic OH excluding ortho intramolecular Hbond substituents is 1. The smallest absolute Gasteiger partial charge is 0.504 e. The van der Waals surface area contributed by atoms with Crippen LogP contribution in [0.25, 0.3) is 6.08 Å². The summed E-state index contributed by atoms with van der Waals surface area (Å²) in [5.41, 5.74) is 0.157. The molecule has 0 unspecified atom stereocenters. The lowest BCUT2D eigenvalue weighted by Gasteiger charge is -2.10. The average molecular weight is 248 g/mol. The van der Waals surface area contributed by atoms with Gasteiger partial charge in [0.15, 0.2) is 11.5 Å².